The van der Waals surface area contributed by atoms with Gasteiger partial charge in [-0.25, -0.2) is 18.2 Å². The Morgan fingerprint density at radius 3 is 2.53 bits per heavy atom. The number of hydrogen-bond donors (Lipinski definition) is 0. The van der Waals surface area contributed by atoms with Crippen molar-refractivity contribution in [2.45, 2.75) is 19.4 Å². The molecule has 6 nitrogen and oxygen atoms in total. The average molecular weight is 466 g/mol. The van der Waals surface area contributed by atoms with Crippen molar-refractivity contribution >= 4 is 16.8 Å². The summed E-state index contributed by atoms with van der Waals surface area (Å²) in [4.78, 5) is 19.8. The molecule has 0 radical (unpaired) electrons. The maximum absolute atomic E-state index is 13.9. The van der Waals surface area contributed by atoms with Crippen molar-refractivity contribution in [3.8, 4) is 17.1 Å². The summed E-state index contributed by atoms with van der Waals surface area (Å²) >= 11 is 0. The number of carbonyl (C=O) groups excluding carboxylic acids is 1. The standard InChI is InChI=1S/C25H21F3N4O2/c1-13-23-16(24(31(2)30-23)14-10-18(26)22(28)19(27)11-14)8-9-32(13)25(33)17-12-21(34-3)29-20-7-5-4-6-15(17)20/h4-7,10-13H,8-9H2,1-3H3/t13-/m0/s1. The van der Waals surface area contributed by atoms with E-state index in [2.05, 4.69) is 10.1 Å². The van der Waals surface area contributed by atoms with Gasteiger partial charge in [0.15, 0.2) is 17.5 Å². The normalized spacial score (nSPS) is 15.5. The lowest BCUT2D eigenvalue weighted by atomic mass is 9.94. The zero-order valence-electron chi connectivity index (χ0n) is 18.8. The molecule has 1 aliphatic heterocycles. The molecule has 0 fully saturated rings. The minimum absolute atomic E-state index is 0.193. The number of hydrogen-bond acceptors (Lipinski definition) is 4. The topological polar surface area (TPSA) is 60.2 Å². The van der Waals surface area contributed by atoms with Crippen LogP contribution in [-0.4, -0.2) is 39.2 Å². The minimum Gasteiger partial charge on any atom is -0.481 e. The number of methoxy groups -OCH3 is 1. The highest BCUT2D eigenvalue weighted by Gasteiger charge is 2.34. The molecule has 5 rings (SSSR count). The maximum Gasteiger partial charge on any atom is 0.255 e. The molecule has 1 atom stereocenters. The van der Waals surface area contributed by atoms with Gasteiger partial charge >= 0.3 is 0 Å². The molecule has 3 heterocycles. The number of rotatable bonds is 3. The van der Waals surface area contributed by atoms with E-state index in [-0.39, 0.29) is 11.5 Å². The van der Waals surface area contributed by atoms with Crippen molar-refractivity contribution in [2.75, 3.05) is 13.7 Å². The van der Waals surface area contributed by atoms with Crippen LogP contribution in [0.1, 0.15) is 34.6 Å². The Balaban J connectivity index is 1.55. The second kappa shape index (κ2) is 8.16. The monoisotopic (exact) mass is 466 g/mol. The number of aryl methyl sites for hydroxylation is 1. The molecule has 0 saturated carbocycles. The lowest BCUT2D eigenvalue weighted by molar-refractivity contribution is 0.0675. The molecule has 0 aliphatic carbocycles. The number of aromatic nitrogens is 3. The number of para-hydroxylation sites is 1. The van der Waals surface area contributed by atoms with Gasteiger partial charge in [0.2, 0.25) is 5.88 Å². The number of pyridine rings is 1. The van der Waals surface area contributed by atoms with Crippen molar-refractivity contribution in [3.05, 3.63) is 76.7 Å². The third-order valence-corrected chi connectivity index (χ3v) is 6.29. The van der Waals surface area contributed by atoms with Crippen LogP contribution in [0.3, 0.4) is 0 Å². The number of halogens is 3. The predicted octanol–water partition coefficient (Wildman–Crippen LogP) is 4.82. The van der Waals surface area contributed by atoms with Crippen LogP contribution in [0.25, 0.3) is 22.2 Å². The fourth-order valence-corrected chi connectivity index (χ4v) is 4.66. The van der Waals surface area contributed by atoms with E-state index in [0.29, 0.717) is 46.7 Å². The predicted molar refractivity (Wildman–Crippen MR) is 120 cm³/mol. The van der Waals surface area contributed by atoms with Gasteiger partial charge in [0.05, 0.1) is 35.6 Å². The average Bonchev–Trinajstić information content (AvgIpc) is 3.18. The van der Waals surface area contributed by atoms with Crippen molar-refractivity contribution in [1.29, 1.82) is 0 Å². The molecule has 34 heavy (non-hydrogen) atoms. The first-order valence-electron chi connectivity index (χ1n) is 10.8. The molecule has 0 bridgehead atoms. The molecule has 0 N–H and O–H groups in total. The number of ether oxygens (including phenoxy) is 1. The highest BCUT2D eigenvalue weighted by molar-refractivity contribution is 6.06. The molecule has 2 aromatic carbocycles. The molecule has 1 amide bonds. The number of carbonyl (C=O) groups is 1. The molecule has 1 aliphatic rings. The molecular weight excluding hydrogens is 445 g/mol. The number of fused-ring (bicyclic) bond motifs is 2. The Morgan fingerprint density at radius 2 is 1.82 bits per heavy atom. The molecule has 0 saturated heterocycles. The van der Waals surface area contributed by atoms with E-state index in [1.165, 1.54) is 11.8 Å². The van der Waals surface area contributed by atoms with Gasteiger partial charge in [-0.2, -0.15) is 5.10 Å². The Morgan fingerprint density at radius 1 is 1.12 bits per heavy atom. The van der Waals surface area contributed by atoms with E-state index in [4.69, 9.17) is 4.74 Å². The number of benzene rings is 2. The third kappa shape index (κ3) is 3.39. The van der Waals surface area contributed by atoms with E-state index in [0.717, 1.165) is 17.7 Å². The smallest absolute Gasteiger partial charge is 0.255 e. The summed E-state index contributed by atoms with van der Waals surface area (Å²) in [5, 5.41) is 5.27. The highest BCUT2D eigenvalue weighted by Crippen LogP contribution is 2.37. The first kappa shape index (κ1) is 21.9. The zero-order chi connectivity index (χ0) is 24.1. The zero-order valence-corrected chi connectivity index (χ0v) is 18.8. The summed E-state index contributed by atoms with van der Waals surface area (Å²) in [6.45, 7) is 2.23. The van der Waals surface area contributed by atoms with E-state index in [9.17, 15) is 18.0 Å². The van der Waals surface area contributed by atoms with Crippen molar-refractivity contribution in [3.63, 3.8) is 0 Å². The van der Waals surface area contributed by atoms with Crippen LogP contribution in [0.2, 0.25) is 0 Å². The van der Waals surface area contributed by atoms with Crippen LogP contribution in [0.5, 0.6) is 5.88 Å². The SMILES string of the molecule is COc1cc(C(=O)N2CCc3c(nn(C)c3-c3cc(F)c(F)c(F)c3)[C@@H]2C)c2ccccc2n1. The van der Waals surface area contributed by atoms with Gasteiger partial charge in [-0.1, -0.05) is 18.2 Å². The minimum atomic E-state index is -1.51. The second-order valence-corrected chi connectivity index (χ2v) is 8.24. The van der Waals surface area contributed by atoms with Crippen molar-refractivity contribution in [2.24, 2.45) is 7.05 Å². The fraction of sp³-hybridized carbons (Fsp3) is 0.240. The van der Waals surface area contributed by atoms with Gasteiger partial charge in [-0.15, -0.1) is 0 Å². The lowest BCUT2D eigenvalue weighted by Gasteiger charge is -2.33. The van der Waals surface area contributed by atoms with Gasteiger partial charge in [0, 0.05) is 36.2 Å². The van der Waals surface area contributed by atoms with Crippen LogP contribution < -0.4 is 4.74 Å². The van der Waals surface area contributed by atoms with Crippen LogP contribution in [0.4, 0.5) is 13.2 Å². The van der Waals surface area contributed by atoms with E-state index in [1.807, 2.05) is 31.2 Å². The third-order valence-electron chi connectivity index (χ3n) is 6.29. The quantitative estimate of drug-likeness (QED) is 0.406. The summed E-state index contributed by atoms with van der Waals surface area (Å²) < 4.78 is 48.1. The highest BCUT2D eigenvalue weighted by atomic mass is 19.2. The van der Waals surface area contributed by atoms with Crippen LogP contribution in [-0.2, 0) is 13.5 Å². The Hall–Kier alpha value is -3.88. The second-order valence-electron chi connectivity index (χ2n) is 8.24. The number of nitrogens with zero attached hydrogens (tertiary/aromatic N) is 4. The Bertz CT molecular complexity index is 1430. The summed E-state index contributed by atoms with van der Waals surface area (Å²) in [7, 11) is 3.16. The first-order valence-corrected chi connectivity index (χ1v) is 10.8. The van der Waals surface area contributed by atoms with Gasteiger partial charge in [0.25, 0.3) is 5.91 Å². The Labute approximate surface area is 193 Å². The largest absolute Gasteiger partial charge is 0.481 e. The molecule has 9 heteroatoms. The number of amides is 1. The molecule has 174 valence electrons. The maximum atomic E-state index is 13.9. The van der Waals surface area contributed by atoms with Gasteiger partial charge in [-0.05, 0) is 31.5 Å². The van der Waals surface area contributed by atoms with Gasteiger partial charge < -0.3 is 9.64 Å². The van der Waals surface area contributed by atoms with Crippen molar-refractivity contribution < 1.29 is 22.7 Å². The molecule has 0 unspecified atom stereocenters. The first-order chi connectivity index (χ1) is 16.3. The lowest BCUT2D eigenvalue weighted by Crippen LogP contribution is -2.39. The summed E-state index contributed by atoms with van der Waals surface area (Å²) in [5.74, 6) is -3.88. The van der Waals surface area contributed by atoms with E-state index >= 15 is 0 Å². The molecule has 0 spiro atoms. The molecular formula is C25H21F3N4O2. The molecule has 4 aromatic rings. The van der Waals surface area contributed by atoms with Crippen LogP contribution in [0, 0.1) is 17.5 Å². The fourth-order valence-electron chi connectivity index (χ4n) is 4.66. The molecule has 2 aromatic heterocycles. The summed E-state index contributed by atoms with van der Waals surface area (Å²) in [5.41, 5.74) is 3.23. The van der Waals surface area contributed by atoms with E-state index < -0.39 is 23.5 Å². The summed E-state index contributed by atoms with van der Waals surface area (Å²) in [6, 6.07) is 10.5. The van der Waals surface area contributed by atoms with Gasteiger partial charge in [-0.3, -0.25) is 9.48 Å². The van der Waals surface area contributed by atoms with Crippen molar-refractivity contribution in [1.82, 2.24) is 19.7 Å². The van der Waals surface area contributed by atoms with Crippen LogP contribution >= 0.6 is 0 Å². The Kier molecular flexibility index (Phi) is 5.27. The van der Waals surface area contributed by atoms with Gasteiger partial charge in [0.1, 0.15) is 0 Å². The summed E-state index contributed by atoms with van der Waals surface area (Å²) in [6.07, 6.45) is 0.426. The van der Waals surface area contributed by atoms with E-state index in [1.54, 1.807) is 18.0 Å². The van der Waals surface area contributed by atoms with Crippen LogP contribution in [0.15, 0.2) is 42.5 Å².